The molecule has 1 unspecified atom stereocenters. The number of carbonyl (C=O) groups is 1. The number of aliphatic carboxylic acids is 1. The molecule has 0 aromatic carbocycles. The van der Waals surface area contributed by atoms with Gasteiger partial charge in [-0.25, -0.2) is 4.79 Å². The summed E-state index contributed by atoms with van der Waals surface area (Å²) in [6.45, 7) is 16.0. The quantitative estimate of drug-likeness (QED) is 0.599. The Balaban J connectivity index is 4.73. The fraction of sp³-hybridized carbons (Fsp3) is 0.700. The summed E-state index contributed by atoms with van der Waals surface area (Å²) in [5.74, 6) is -0.915. The fourth-order valence-corrected chi connectivity index (χ4v) is 9.47. The Kier molecular flexibility index (Phi) is 4.51. The molecule has 0 bridgehead atoms. The second-order valence-corrected chi connectivity index (χ2v) is 14.5. The molecule has 0 aliphatic heterocycles. The molecule has 0 heterocycles. The van der Waals surface area contributed by atoms with Crippen molar-refractivity contribution in [3.8, 4) is 0 Å². The molecule has 0 radical (unpaired) electrons. The SMILES string of the molecule is C=C(C(=O)O)C(C)[Si](C)(C)O[Si](C)(C)C. The monoisotopic (exact) mass is 246 g/mol. The van der Waals surface area contributed by atoms with Crippen molar-refractivity contribution in [1.82, 2.24) is 0 Å². The van der Waals surface area contributed by atoms with Crippen LogP contribution in [0.4, 0.5) is 0 Å². The number of carboxylic acids is 1. The number of hydrogen-bond donors (Lipinski definition) is 1. The Labute approximate surface area is 94.4 Å². The van der Waals surface area contributed by atoms with Gasteiger partial charge in [0.2, 0.25) is 0 Å². The van der Waals surface area contributed by atoms with Gasteiger partial charge in [-0.15, -0.1) is 0 Å². The van der Waals surface area contributed by atoms with Crippen molar-refractivity contribution in [3.05, 3.63) is 12.2 Å². The van der Waals surface area contributed by atoms with E-state index in [1.807, 2.05) is 6.92 Å². The summed E-state index contributed by atoms with van der Waals surface area (Å²) >= 11 is 0. The minimum Gasteiger partial charge on any atom is -0.478 e. The largest absolute Gasteiger partial charge is 0.478 e. The molecule has 0 aromatic heterocycles. The normalized spacial score (nSPS) is 14.8. The van der Waals surface area contributed by atoms with E-state index in [9.17, 15) is 4.79 Å². The molecule has 1 atom stereocenters. The maximum Gasteiger partial charge on any atom is 0.331 e. The van der Waals surface area contributed by atoms with Crippen LogP contribution >= 0.6 is 0 Å². The van der Waals surface area contributed by atoms with Crippen molar-refractivity contribution in [2.75, 3.05) is 0 Å². The van der Waals surface area contributed by atoms with Gasteiger partial charge in [0.05, 0.1) is 0 Å². The maximum absolute atomic E-state index is 10.8. The van der Waals surface area contributed by atoms with Crippen LogP contribution in [-0.2, 0) is 8.91 Å². The lowest BCUT2D eigenvalue weighted by atomic mass is 10.2. The van der Waals surface area contributed by atoms with Gasteiger partial charge >= 0.3 is 5.97 Å². The summed E-state index contributed by atoms with van der Waals surface area (Å²) in [5, 5.41) is 8.89. The molecule has 5 heteroatoms. The smallest absolute Gasteiger partial charge is 0.331 e. The van der Waals surface area contributed by atoms with Crippen LogP contribution in [0, 0.1) is 0 Å². The van der Waals surface area contributed by atoms with Crippen LogP contribution in [0.2, 0.25) is 38.3 Å². The molecule has 0 spiro atoms. The van der Waals surface area contributed by atoms with Crippen molar-refractivity contribution < 1.29 is 14.0 Å². The summed E-state index contributed by atoms with van der Waals surface area (Å²) in [6.07, 6.45) is 0. The zero-order valence-corrected chi connectivity index (χ0v) is 12.5. The molecule has 0 fully saturated rings. The molecule has 0 saturated carbocycles. The van der Waals surface area contributed by atoms with E-state index >= 15 is 0 Å². The molecule has 1 N–H and O–H groups in total. The molecule has 0 aliphatic carbocycles. The summed E-state index contributed by atoms with van der Waals surface area (Å²) in [7, 11) is -3.59. The molecule has 0 aromatic rings. The third kappa shape index (κ3) is 4.77. The third-order valence-corrected chi connectivity index (χ3v) is 9.40. The van der Waals surface area contributed by atoms with Gasteiger partial charge in [0.1, 0.15) is 0 Å². The van der Waals surface area contributed by atoms with Gasteiger partial charge in [0.25, 0.3) is 0 Å². The second kappa shape index (κ2) is 4.63. The standard InChI is InChI=1S/C10H22O3Si2/c1-8(10(11)12)9(2)15(6,7)13-14(3,4)5/h9H,1H2,2-7H3,(H,11,12). The number of rotatable bonds is 5. The van der Waals surface area contributed by atoms with Gasteiger partial charge in [0.15, 0.2) is 16.6 Å². The second-order valence-electron chi connectivity index (χ2n) is 5.37. The highest BCUT2D eigenvalue weighted by atomic mass is 28.4. The van der Waals surface area contributed by atoms with E-state index in [1.165, 1.54) is 0 Å². The summed E-state index contributed by atoms with van der Waals surface area (Å²) < 4.78 is 6.11. The Hall–Kier alpha value is -0.396. The van der Waals surface area contributed by atoms with Crippen LogP contribution in [0.25, 0.3) is 0 Å². The zero-order valence-electron chi connectivity index (χ0n) is 10.5. The van der Waals surface area contributed by atoms with E-state index in [2.05, 4.69) is 39.3 Å². The van der Waals surface area contributed by atoms with E-state index in [0.717, 1.165) is 0 Å². The van der Waals surface area contributed by atoms with E-state index < -0.39 is 22.6 Å². The van der Waals surface area contributed by atoms with Crippen LogP contribution in [0.3, 0.4) is 0 Å². The predicted octanol–water partition coefficient (Wildman–Crippen LogP) is 3.07. The van der Waals surface area contributed by atoms with Gasteiger partial charge in [-0.05, 0) is 32.7 Å². The molecule has 0 aliphatic rings. The predicted molar refractivity (Wildman–Crippen MR) is 68.1 cm³/mol. The van der Waals surface area contributed by atoms with Gasteiger partial charge in [-0.1, -0.05) is 13.5 Å². The maximum atomic E-state index is 10.8. The summed E-state index contributed by atoms with van der Waals surface area (Å²) in [6, 6.07) is 0. The van der Waals surface area contributed by atoms with Gasteiger partial charge < -0.3 is 9.22 Å². The van der Waals surface area contributed by atoms with Crippen molar-refractivity contribution in [3.63, 3.8) is 0 Å². The molecular weight excluding hydrogens is 224 g/mol. The molecule has 0 amide bonds. The Morgan fingerprint density at radius 2 is 1.67 bits per heavy atom. The van der Waals surface area contributed by atoms with E-state index in [0.29, 0.717) is 0 Å². The third-order valence-electron chi connectivity index (χ3n) is 2.41. The first-order valence-corrected chi connectivity index (χ1v) is 11.5. The lowest BCUT2D eigenvalue weighted by Gasteiger charge is -2.36. The van der Waals surface area contributed by atoms with Crippen molar-refractivity contribution in [1.29, 1.82) is 0 Å². The van der Waals surface area contributed by atoms with Crippen molar-refractivity contribution >= 4 is 22.6 Å². The molecule has 3 nitrogen and oxygen atoms in total. The van der Waals surface area contributed by atoms with Gasteiger partial charge in [-0.2, -0.15) is 0 Å². The van der Waals surface area contributed by atoms with Crippen LogP contribution in [0.1, 0.15) is 6.92 Å². The number of carboxylic acid groups (broad SMARTS) is 1. The van der Waals surface area contributed by atoms with Gasteiger partial charge in [-0.3, -0.25) is 0 Å². The highest BCUT2D eigenvalue weighted by Gasteiger charge is 2.37. The van der Waals surface area contributed by atoms with Crippen LogP contribution in [-0.4, -0.2) is 27.7 Å². The first-order chi connectivity index (χ1) is 6.47. The van der Waals surface area contributed by atoms with Crippen molar-refractivity contribution in [2.45, 2.75) is 45.2 Å². The molecule has 0 saturated heterocycles. The Morgan fingerprint density at radius 1 is 1.27 bits per heavy atom. The molecule has 0 rings (SSSR count). The highest BCUT2D eigenvalue weighted by molar-refractivity contribution is 6.85. The topological polar surface area (TPSA) is 46.5 Å². The molecular formula is C10H22O3Si2. The summed E-state index contributed by atoms with van der Waals surface area (Å²) in [5.41, 5.74) is 0.214. The Morgan fingerprint density at radius 3 is 1.93 bits per heavy atom. The van der Waals surface area contributed by atoms with E-state index in [-0.39, 0.29) is 11.1 Å². The van der Waals surface area contributed by atoms with E-state index in [1.54, 1.807) is 0 Å². The minimum atomic E-state index is -1.99. The average Bonchev–Trinajstić information content (AvgIpc) is 1.96. The van der Waals surface area contributed by atoms with Crippen LogP contribution in [0.15, 0.2) is 12.2 Å². The van der Waals surface area contributed by atoms with Crippen molar-refractivity contribution in [2.24, 2.45) is 0 Å². The summed E-state index contributed by atoms with van der Waals surface area (Å²) in [4.78, 5) is 10.8. The zero-order chi connectivity index (χ0) is 12.4. The first-order valence-electron chi connectivity index (χ1n) is 5.09. The fourth-order valence-electron chi connectivity index (χ4n) is 1.48. The van der Waals surface area contributed by atoms with Crippen LogP contribution < -0.4 is 0 Å². The van der Waals surface area contributed by atoms with Gasteiger partial charge in [0, 0.05) is 11.1 Å². The van der Waals surface area contributed by atoms with E-state index in [4.69, 9.17) is 9.22 Å². The first kappa shape index (κ1) is 14.6. The minimum absolute atomic E-state index is 0.0540. The lowest BCUT2D eigenvalue weighted by Crippen LogP contribution is -2.46. The lowest BCUT2D eigenvalue weighted by molar-refractivity contribution is -0.132. The Bertz CT molecular complexity index is 266. The number of hydrogen-bond acceptors (Lipinski definition) is 2. The molecule has 88 valence electrons. The average molecular weight is 246 g/mol. The molecule has 15 heavy (non-hydrogen) atoms. The van der Waals surface area contributed by atoms with Crippen LogP contribution in [0.5, 0.6) is 0 Å². The highest BCUT2D eigenvalue weighted by Crippen LogP contribution is 2.31.